The Labute approximate surface area is 191 Å². The molecule has 33 heavy (non-hydrogen) atoms. The number of aryl methyl sites for hydroxylation is 1. The minimum Gasteiger partial charge on any atom is -0.493 e. The number of hydrogen-bond donors (Lipinski definition) is 1. The quantitative estimate of drug-likeness (QED) is 0.460. The molecule has 166 valence electrons. The molecule has 1 aliphatic rings. The van der Waals surface area contributed by atoms with Crippen LogP contribution in [0, 0.1) is 18.3 Å². The van der Waals surface area contributed by atoms with Gasteiger partial charge in [-0.15, -0.1) is 0 Å². The van der Waals surface area contributed by atoms with Crippen LogP contribution in [0.4, 0.5) is 0 Å². The van der Waals surface area contributed by atoms with E-state index in [0.29, 0.717) is 34.1 Å². The maximum Gasteiger partial charge on any atom is 0.343 e. The van der Waals surface area contributed by atoms with E-state index in [9.17, 15) is 10.1 Å². The molecule has 7 nitrogen and oxygen atoms in total. The molecule has 3 aromatic rings. The second-order valence-corrected chi connectivity index (χ2v) is 7.50. The normalized spacial score (nSPS) is 14.5. The number of nitrogens with zero attached hydrogens (tertiary/aromatic N) is 1. The third-order valence-corrected chi connectivity index (χ3v) is 5.40. The van der Waals surface area contributed by atoms with Crippen LogP contribution >= 0.6 is 0 Å². The third kappa shape index (κ3) is 4.19. The van der Waals surface area contributed by atoms with E-state index in [4.69, 9.17) is 24.7 Å². The van der Waals surface area contributed by atoms with Crippen LogP contribution in [0.2, 0.25) is 0 Å². The van der Waals surface area contributed by atoms with Crippen molar-refractivity contribution in [2.45, 2.75) is 12.8 Å². The van der Waals surface area contributed by atoms with E-state index < -0.39 is 11.9 Å². The molecule has 1 heterocycles. The Morgan fingerprint density at radius 2 is 1.82 bits per heavy atom. The monoisotopic (exact) mass is 442 g/mol. The number of benzene rings is 3. The van der Waals surface area contributed by atoms with Crippen molar-refractivity contribution in [1.82, 2.24) is 0 Å². The van der Waals surface area contributed by atoms with Gasteiger partial charge in [0.15, 0.2) is 11.5 Å². The van der Waals surface area contributed by atoms with Crippen LogP contribution in [-0.4, -0.2) is 20.2 Å². The number of ether oxygens (including phenoxy) is 4. The second-order valence-electron chi connectivity index (χ2n) is 7.50. The number of fused-ring (bicyclic) bond motifs is 1. The largest absolute Gasteiger partial charge is 0.493 e. The molecule has 1 aliphatic heterocycles. The lowest BCUT2D eigenvalue weighted by molar-refractivity contribution is 0.0734. The Hall–Kier alpha value is -4.44. The molecule has 0 aromatic heterocycles. The molecule has 0 spiro atoms. The van der Waals surface area contributed by atoms with Gasteiger partial charge < -0.3 is 24.7 Å². The predicted molar refractivity (Wildman–Crippen MR) is 121 cm³/mol. The summed E-state index contributed by atoms with van der Waals surface area (Å²) in [5.41, 5.74) is 9.26. The van der Waals surface area contributed by atoms with Gasteiger partial charge in [0.2, 0.25) is 5.88 Å². The third-order valence-electron chi connectivity index (χ3n) is 5.40. The van der Waals surface area contributed by atoms with E-state index in [0.717, 1.165) is 11.1 Å². The van der Waals surface area contributed by atoms with Gasteiger partial charge in [-0.3, -0.25) is 0 Å². The van der Waals surface area contributed by atoms with Crippen molar-refractivity contribution in [2.75, 3.05) is 14.2 Å². The van der Waals surface area contributed by atoms with Crippen LogP contribution in [0.25, 0.3) is 0 Å². The lowest BCUT2D eigenvalue weighted by Gasteiger charge is -2.27. The van der Waals surface area contributed by atoms with Gasteiger partial charge in [0.05, 0.1) is 25.7 Å². The van der Waals surface area contributed by atoms with Crippen LogP contribution in [0.1, 0.15) is 33.0 Å². The molecular formula is C26H22N2O5. The van der Waals surface area contributed by atoms with E-state index >= 15 is 0 Å². The molecule has 3 aromatic carbocycles. The number of carbonyl (C=O) groups excluding carboxylic acids is 1. The first-order valence-electron chi connectivity index (χ1n) is 10.2. The fourth-order valence-corrected chi connectivity index (χ4v) is 3.81. The molecule has 0 aliphatic carbocycles. The van der Waals surface area contributed by atoms with Gasteiger partial charge >= 0.3 is 5.97 Å². The summed E-state index contributed by atoms with van der Waals surface area (Å²) < 4.78 is 22.0. The Morgan fingerprint density at radius 3 is 2.52 bits per heavy atom. The molecule has 1 atom stereocenters. The minimum absolute atomic E-state index is 0.00746. The summed E-state index contributed by atoms with van der Waals surface area (Å²) in [7, 11) is 3.10. The Kier molecular flexibility index (Phi) is 5.92. The fourth-order valence-electron chi connectivity index (χ4n) is 3.81. The van der Waals surface area contributed by atoms with Gasteiger partial charge in [-0.25, -0.2) is 4.79 Å². The maximum atomic E-state index is 12.5. The summed E-state index contributed by atoms with van der Waals surface area (Å²) in [6.45, 7) is 1.90. The van der Waals surface area contributed by atoms with Crippen LogP contribution in [0.5, 0.6) is 23.0 Å². The first-order chi connectivity index (χ1) is 15.9. The van der Waals surface area contributed by atoms with Crippen molar-refractivity contribution < 1.29 is 23.7 Å². The highest BCUT2D eigenvalue weighted by Crippen LogP contribution is 2.45. The summed E-state index contributed by atoms with van der Waals surface area (Å²) in [6, 6.07) is 19.7. The molecule has 0 radical (unpaired) electrons. The van der Waals surface area contributed by atoms with Gasteiger partial charge in [-0.2, -0.15) is 5.26 Å². The van der Waals surface area contributed by atoms with Crippen LogP contribution < -0.4 is 24.7 Å². The Balaban J connectivity index is 1.72. The van der Waals surface area contributed by atoms with E-state index in [1.807, 2.05) is 19.1 Å². The van der Waals surface area contributed by atoms with Gasteiger partial charge in [-0.1, -0.05) is 29.8 Å². The summed E-state index contributed by atoms with van der Waals surface area (Å²) in [6.07, 6.45) is 0. The van der Waals surface area contributed by atoms with Gasteiger partial charge in [-0.05, 0) is 42.8 Å². The number of hydrogen-bond acceptors (Lipinski definition) is 7. The standard InChI is InChI=1S/C26H22N2O5/c1-15-5-4-6-17(11-15)26(29)32-18-8-9-19-22(13-18)33-25(28)20(14-27)24(19)16-7-10-21(30-2)23(12-16)31-3/h4-13,24H,28H2,1-3H3/t24-/m1/s1. The summed E-state index contributed by atoms with van der Waals surface area (Å²) in [5, 5.41) is 9.77. The Bertz CT molecular complexity index is 1310. The van der Waals surface area contributed by atoms with Gasteiger partial charge in [0.25, 0.3) is 0 Å². The number of carbonyl (C=O) groups is 1. The molecule has 2 N–H and O–H groups in total. The van der Waals surface area contributed by atoms with Crippen LogP contribution in [-0.2, 0) is 0 Å². The molecule has 0 fully saturated rings. The van der Waals surface area contributed by atoms with E-state index in [1.54, 1.807) is 62.8 Å². The number of allylic oxidation sites excluding steroid dienone is 1. The average Bonchev–Trinajstić information content (AvgIpc) is 2.82. The fraction of sp³-hybridized carbons (Fsp3) is 0.154. The van der Waals surface area contributed by atoms with Gasteiger partial charge in [0, 0.05) is 11.6 Å². The van der Waals surface area contributed by atoms with Crippen molar-refractivity contribution in [3.8, 4) is 29.1 Å². The molecule has 0 saturated heterocycles. The second kappa shape index (κ2) is 8.97. The molecule has 0 amide bonds. The zero-order chi connectivity index (χ0) is 23.5. The molecule has 0 unspecified atom stereocenters. The minimum atomic E-state index is -0.486. The zero-order valence-corrected chi connectivity index (χ0v) is 18.4. The first kappa shape index (κ1) is 21.8. The zero-order valence-electron chi connectivity index (χ0n) is 18.4. The Morgan fingerprint density at radius 1 is 1.03 bits per heavy atom. The SMILES string of the molecule is COc1ccc([C@H]2C(C#N)=C(N)Oc3cc(OC(=O)c4cccc(C)c4)ccc32)cc1OC. The molecule has 7 heteroatoms. The predicted octanol–water partition coefficient (Wildman–Crippen LogP) is 4.45. The van der Waals surface area contributed by atoms with Crippen LogP contribution in [0.15, 0.2) is 72.1 Å². The number of rotatable bonds is 5. The molecule has 0 saturated carbocycles. The van der Waals surface area contributed by atoms with Crippen molar-refractivity contribution in [3.63, 3.8) is 0 Å². The number of methoxy groups -OCH3 is 2. The van der Waals surface area contributed by atoms with E-state index in [1.165, 1.54) is 0 Å². The van der Waals surface area contributed by atoms with Crippen molar-refractivity contribution in [3.05, 3.63) is 94.4 Å². The smallest absolute Gasteiger partial charge is 0.343 e. The molecular weight excluding hydrogens is 420 g/mol. The average molecular weight is 442 g/mol. The van der Waals surface area contributed by atoms with E-state index in [2.05, 4.69) is 6.07 Å². The molecule has 0 bridgehead atoms. The lowest BCUT2D eigenvalue weighted by Crippen LogP contribution is -2.21. The number of nitriles is 1. The summed E-state index contributed by atoms with van der Waals surface area (Å²) in [4.78, 5) is 12.5. The van der Waals surface area contributed by atoms with Crippen molar-refractivity contribution >= 4 is 5.97 Å². The highest BCUT2D eigenvalue weighted by Gasteiger charge is 2.31. The maximum absolute atomic E-state index is 12.5. The molecule has 4 rings (SSSR count). The lowest BCUT2D eigenvalue weighted by atomic mass is 9.83. The first-order valence-corrected chi connectivity index (χ1v) is 10.2. The van der Waals surface area contributed by atoms with E-state index in [-0.39, 0.29) is 11.5 Å². The number of esters is 1. The van der Waals surface area contributed by atoms with Gasteiger partial charge in [0.1, 0.15) is 23.1 Å². The highest BCUT2D eigenvalue weighted by atomic mass is 16.5. The topological polar surface area (TPSA) is 104 Å². The van der Waals surface area contributed by atoms with Crippen LogP contribution in [0.3, 0.4) is 0 Å². The number of nitrogens with two attached hydrogens (primary N) is 1. The highest BCUT2D eigenvalue weighted by molar-refractivity contribution is 5.91. The van der Waals surface area contributed by atoms with Crippen molar-refractivity contribution in [2.24, 2.45) is 5.73 Å². The van der Waals surface area contributed by atoms with Crippen molar-refractivity contribution in [1.29, 1.82) is 5.26 Å². The summed E-state index contributed by atoms with van der Waals surface area (Å²) >= 11 is 0. The summed E-state index contributed by atoms with van der Waals surface area (Å²) in [5.74, 6) is 0.838.